The minimum Gasteiger partial charge on any atom is -0.449 e. The normalized spacial score (nSPS) is 13.8. The minimum atomic E-state index is -0.949. The lowest BCUT2D eigenvalue weighted by Crippen LogP contribution is -2.32. The van der Waals surface area contributed by atoms with Crippen LogP contribution in [-0.2, 0) is 22.4 Å². The zero-order chi connectivity index (χ0) is 22.7. The Morgan fingerprint density at radius 2 is 1.84 bits per heavy atom. The molecule has 1 N–H and O–H groups in total. The summed E-state index contributed by atoms with van der Waals surface area (Å²) >= 11 is 0. The molecule has 1 aliphatic carbocycles. The number of Topliss-reactive ketones (excluding diaryl/α,β-unsaturated/α-hetero) is 1. The second-order valence-corrected chi connectivity index (χ2v) is 8.06. The number of carbonyl (C=O) groups excluding carboxylic acids is 3. The van der Waals surface area contributed by atoms with Gasteiger partial charge in [-0.3, -0.25) is 14.6 Å². The van der Waals surface area contributed by atoms with E-state index in [-0.39, 0.29) is 5.78 Å². The molecule has 0 fully saturated rings. The average molecular weight is 431 g/mol. The standard InChI is InChI=1S/C26H26N2O4/c1-3-23(25(30)27-18-10-8-9-17(15-18)16(2)29)32-26(31)24-19-11-4-6-13-21(19)28-22-14-7-5-12-20(22)24/h4,6,8-11,13,15,23H,3,5,7,12,14H2,1-2H3,(H,27,30)/t23-/m1/s1. The van der Waals surface area contributed by atoms with E-state index in [2.05, 4.69) is 5.32 Å². The van der Waals surface area contributed by atoms with Crippen molar-refractivity contribution in [2.75, 3.05) is 5.32 Å². The number of aromatic nitrogens is 1. The summed E-state index contributed by atoms with van der Waals surface area (Å²) in [7, 11) is 0. The fourth-order valence-corrected chi connectivity index (χ4v) is 4.15. The van der Waals surface area contributed by atoms with Crippen LogP contribution in [0.5, 0.6) is 0 Å². The molecule has 2 aromatic carbocycles. The van der Waals surface area contributed by atoms with Gasteiger partial charge >= 0.3 is 5.97 Å². The van der Waals surface area contributed by atoms with E-state index in [4.69, 9.17) is 9.72 Å². The first-order valence-electron chi connectivity index (χ1n) is 11.0. The van der Waals surface area contributed by atoms with E-state index in [0.29, 0.717) is 23.2 Å². The van der Waals surface area contributed by atoms with E-state index in [9.17, 15) is 14.4 Å². The number of anilines is 1. The van der Waals surface area contributed by atoms with E-state index in [1.165, 1.54) is 6.92 Å². The fraction of sp³-hybridized carbons (Fsp3) is 0.308. The number of ketones is 1. The van der Waals surface area contributed by atoms with Gasteiger partial charge in [0.05, 0.1) is 11.1 Å². The first-order valence-corrected chi connectivity index (χ1v) is 11.0. The van der Waals surface area contributed by atoms with E-state index in [0.717, 1.165) is 47.8 Å². The van der Waals surface area contributed by atoms with E-state index >= 15 is 0 Å². The molecule has 6 nitrogen and oxygen atoms in total. The number of hydrogen-bond acceptors (Lipinski definition) is 5. The predicted molar refractivity (Wildman–Crippen MR) is 123 cm³/mol. The number of nitrogens with one attached hydrogen (secondary N) is 1. The molecule has 0 aliphatic heterocycles. The molecule has 0 bridgehead atoms. The molecule has 164 valence electrons. The Kier molecular flexibility index (Phi) is 6.30. The van der Waals surface area contributed by atoms with Crippen molar-refractivity contribution in [2.24, 2.45) is 0 Å². The Morgan fingerprint density at radius 3 is 2.62 bits per heavy atom. The molecular weight excluding hydrogens is 404 g/mol. The molecule has 1 aliphatic rings. The van der Waals surface area contributed by atoms with Crippen LogP contribution in [0.4, 0.5) is 5.69 Å². The molecule has 6 heteroatoms. The van der Waals surface area contributed by atoms with E-state index in [1.54, 1.807) is 31.2 Å². The number of amides is 1. The third kappa shape index (κ3) is 4.40. The Labute approximate surface area is 187 Å². The number of hydrogen-bond donors (Lipinski definition) is 1. The molecule has 32 heavy (non-hydrogen) atoms. The highest BCUT2D eigenvalue weighted by Crippen LogP contribution is 2.30. The third-order valence-electron chi connectivity index (χ3n) is 5.82. The van der Waals surface area contributed by atoms with E-state index in [1.807, 2.05) is 24.3 Å². The van der Waals surface area contributed by atoms with Gasteiger partial charge in [-0.25, -0.2) is 4.79 Å². The molecule has 0 spiro atoms. The van der Waals surface area contributed by atoms with Crippen molar-refractivity contribution in [1.29, 1.82) is 0 Å². The summed E-state index contributed by atoms with van der Waals surface area (Å²) in [5, 5.41) is 3.52. The zero-order valence-corrected chi connectivity index (χ0v) is 18.3. The molecule has 0 unspecified atom stereocenters. The maximum atomic E-state index is 13.3. The molecule has 0 saturated carbocycles. The molecule has 1 heterocycles. The average Bonchev–Trinajstić information content (AvgIpc) is 2.80. The van der Waals surface area contributed by atoms with Gasteiger partial charge in [-0.1, -0.05) is 37.3 Å². The molecule has 1 atom stereocenters. The Hall–Kier alpha value is -3.54. The van der Waals surface area contributed by atoms with Crippen molar-refractivity contribution < 1.29 is 19.1 Å². The molecule has 0 saturated heterocycles. The number of rotatable bonds is 6. The number of pyridine rings is 1. The largest absolute Gasteiger partial charge is 0.449 e. The molecule has 0 radical (unpaired) electrons. The highest BCUT2D eigenvalue weighted by molar-refractivity contribution is 6.06. The van der Waals surface area contributed by atoms with Crippen molar-refractivity contribution in [3.8, 4) is 0 Å². The van der Waals surface area contributed by atoms with Crippen LogP contribution in [-0.4, -0.2) is 28.7 Å². The fourth-order valence-electron chi connectivity index (χ4n) is 4.15. The van der Waals surface area contributed by atoms with Crippen LogP contribution in [0, 0.1) is 0 Å². The van der Waals surface area contributed by atoms with Crippen molar-refractivity contribution in [2.45, 2.75) is 52.1 Å². The van der Waals surface area contributed by atoms with Gasteiger partial charge in [0.2, 0.25) is 0 Å². The number of ether oxygens (including phenoxy) is 1. The number of nitrogens with zero attached hydrogens (tertiary/aromatic N) is 1. The second-order valence-electron chi connectivity index (χ2n) is 8.06. The summed E-state index contributed by atoms with van der Waals surface area (Å²) in [6.07, 6.45) is 3.04. The van der Waals surface area contributed by atoms with Crippen molar-refractivity contribution in [1.82, 2.24) is 4.98 Å². The minimum absolute atomic E-state index is 0.0890. The first-order chi connectivity index (χ1) is 15.5. The monoisotopic (exact) mass is 430 g/mol. The summed E-state index contributed by atoms with van der Waals surface area (Å²) < 4.78 is 5.73. The smallest absolute Gasteiger partial charge is 0.339 e. The number of benzene rings is 2. The molecule has 3 aromatic rings. The molecule has 4 rings (SSSR count). The lowest BCUT2D eigenvalue weighted by atomic mass is 9.90. The lowest BCUT2D eigenvalue weighted by molar-refractivity contribution is -0.124. The third-order valence-corrected chi connectivity index (χ3v) is 5.82. The maximum Gasteiger partial charge on any atom is 0.339 e. The van der Waals surface area contributed by atoms with Crippen molar-refractivity contribution >= 4 is 34.3 Å². The summed E-state index contributed by atoms with van der Waals surface area (Å²) in [5.41, 5.74) is 4.16. The van der Waals surface area contributed by atoms with Gasteiger partial charge in [0.25, 0.3) is 5.91 Å². The number of carbonyl (C=O) groups is 3. The summed E-state index contributed by atoms with van der Waals surface area (Å²) in [6, 6.07) is 14.3. The van der Waals surface area contributed by atoms with Gasteiger partial charge < -0.3 is 10.1 Å². The number of para-hydroxylation sites is 1. The lowest BCUT2D eigenvalue weighted by Gasteiger charge is -2.22. The van der Waals surface area contributed by atoms with Crippen LogP contribution < -0.4 is 5.32 Å². The van der Waals surface area contributed by atoms with Gasteiger partial charge in [0.1, 0.15) is 0 Å². The molecule has 1 aromatic heterocycles. The van der Waals surface area contributed by atoms with Crippen molar-refractivity contribution in [3.05, 3.63) is 70.9 Å². The van der Waals surface area contributed by atoms with Crippen LogP contribution in [0.25, 0.3) is 10.9 Å². The second kappa shape index (κ2) is 9.30. The topological polar surface area (TPSA) is 85.4 Å². The highest BCUT2D eigenvalue weighted by Gasteiger charge is 2.27. The molecular formula is C26H26N2O4. The van der Waals surface area contributed by atoms with Gasteiger partial charge in [0.15, 0.2) is 11.9 Å². The van der Waals surface area contributed by atoms with Crippen LogP contribution in [0.3, 0.4) is 0 Å². The van der Waals surface area contributed by atoms with E-state index < -0.39 is 18.0 Å². The summed E-state index contributed by atoms with van der Waals surface area (Å²) in [4.78, 5) is 42.6. The first kappa shape index (κ1) is 21.7. The Morgan fingerprint density at radius 1 is 1.06 bits per heavy atom. The van der Waals surface area contributed by atoms with Gasteiger partial charge in [-0.15, -0.1) is 0 Å². The predicted octanol–water partition coefficient (Wildman–Crippen LogP) is 4.89. The Bertz CT molecular complexity index is 1200. The van der Waals surface area contributed by atoms with Crippen LogP contribution in [0.15, 0.2) is 48.5 Å². The maximum absolute atomic E-state index is 13.3. The summed E-state index contributed by atoms with van der Waals surface area (Å²) in [6.45, 7) is 3.26. The Balaban J connectivity index is 1.60. The number of fused-ring (bicyclic) bond motifs is 2. The molecule has 1 amide bonds. The number of esters is 1. The zero-order valence-electron chi connectivity index (χ0n) is 18.3. The SMILES string of the molecule is CC[C@@H](OC(=O)c1c2c(nc3ccccc13)CCCC2)C(=O)Nc1cccc(C(C)=O)c1. The van der Waals surface area contributed by atoms with Gasteiger partial charge in [-0.2, -0.15) is 0 Å². The van der Waals surface area contributed by atoms with Gasteiger partial charge in [0, 0.05) is 22.3 Å². The van der Waals surface area contributed by atoms with Crippen LogP contribution in [0.1, 0.15) is 65.1 Å². The van der Waals surface area contributed by atoms with Gasteiger partial charge in [-0.05, 0) is 62.8 Å². The van der Waals surface area contributed by atoms with Crippen molar-refractivity contribution in [3.63, 3.8) is 0 Å². The highest BCUT2D eigenvalue weighted by atomic mass is 16.5. The summed E-state index contributed by atoms with van der Waals surface area (Å²) in [5.74, 6) is -1.01. The van der Waals surface area contributed by atoms with Crippen LogP contribution >= 0.6 is 0 Å². The number of aryl methyl sites for hydroxylation is 1. The van der Waals surface area contributed by atoms with Crippen LogP contribution in [0.2, 0.25) is 0 Å². The quantitative estimate of drug-likeness (QED) is 0.445.